The van der Waals surface area contributed by atoms with Gasteiger partial charge >= 0.3 is 0 Å². The quantitative estimate of drug-likeness (QED) is 0.531. The molecular formula is C12H13OP. The van der Waals surface area contributed by atoms with Crippen molar-refractivity contribution in [3.63, 3.8) is 0 Å². The molecule has 0 amide bonds. The zero-order chi connectivity index (χ0) is 9.97. The smallest absolute Gasteiger partial charge is 0.0954 e. The van der Waals surface area contributed by atoms with Crippen molar-refractivity contribution in [2.45, 2.75) is 25.3 Å². The van der Waals surface area contributed by atoms with Gasteiger partial charge in [0.15, 0.2) is 0 Å². The van der Waals surface area contributed by atoms with Crippen molar-refractivity contribution >= 4 is 9.24 Å². The average Bonchev–Trinajstić information content (AvgIpc) is 2.18. The van der Waals surface area contributed by atoms with E-state index >= 15 is 0 Å². The van der Waals surface area contributed by atoms with Crippen molar-refractivity contribution in [3.05, 3.63) is 35.4 Å². The Morgan fingerprint density at radius 2 is 2.29 bits per heavy atom. The zero-order valence-corrected chi connectivity index (χ0v) is 9.31. The Morgan fingerprint density at radius 3 is 3.07 bits per heavy atom. The highest BCUT2D eigenvalue weighted by Gasteiger charge is 2.17. The first-order valence-corrected chi connectivity index (χ1v) is 5.43. The van der Waals surface area contributed by atoms with Gasteiger partial charge in [0.1, 0.15) is 0 Å². The van der Waals surface area contributed by atoms with Gasteiger partial charge in [-0.25, -0.2) is 0 Å². The predicted molar refractivity (Wildman–Crippen MR) is 60.9 cm³/mol. The molecule has 0 saturated heterocycles. The van der Waals surface area contributed by atoms with E-state index in [-0.39, 0.29) is 11.9 Å². The molecule has 3 atom stereocenters. The minimum Gasteiger partial charge on any atom is -0.366 e. The molecular weight excluding hydrogens is 191 g/mol. The topological polar surface area (TPSA) is 9.23 Å². The summed E-state index contributed by atoms with van der Waals surface area (Å²) in [5, 5.41) is 0. The second-order valence-electron chi connectivity index (χ2n) is 3.42. The molecule has 1 aromatic carbocycles. The van der Waals surface area contributed by atoms with Gasteiger partial charge in [0.25, 0.3) is 0 Å². The molecule has 0 spiro atoms. The molecule has 1 aromatic rings. The van der Waals surface area contributed by atoms with Crippen molar-refractivity contribution < 1.29 is 4.74 Å². The lowest BCUT2D eigenvalue weighted by molar-refractivity contribution is 0.0452. The molecule has 1 nitrogen and oxygen atoms in total. The minimum absolute atomic E-state index is 0.139. The Kier molecular flexibility index (Phi) is 2.87. The van der Waals surface area contributed by atoms with E-state index in [4.69, 9.17) is 4.74 Å². The molecule has 0 radical (unpaired) electrons. The van der Waals surface area contributed by atoms with E-state index in [1.807, 2.05) is 25.1 Å². The van der Waals surface area contributed by atoms with Crippen LogP contribution in [0.3, 0.4) is 0 Å². The molecule has 1 aliphatic rings. The Balaban J connectivity index is 2.29. The fourth-order valence-electron chi connectivity index (χ4n) is 1.62. The highest BCUT2D eigenvalue weighted by atomic mass is 31.0. The van der Waals surface area contributed by atoms with E-state index in [1.54, 1.807) is 0 Å². The number of benzene rings is 1. The second kappa shape index (κ2) is 4.13. The van der Waals surface area contributed by atoms with E-state index < -0.39 is 0 Å². The van der Waals surface area contributed by atoms with Crippen LogP contribution in [0.15, 0.2) is 24.3 Å². The lowest BCUT2D eigenvalue weighted by Crippen LogP contribution is -2.11. The normalized spacial score (nSPS) is 20.6. The van der Waals surface area contributed by atoms with Crippen LogP contribution in [-0.4, -0.2) is 5.85 Å². The van der Waals surface area contributed by atoms with E-state index in [9.17, 15) is 0 Å². The van der Waals surface area contributed by atoms with Gasteiger partial charge in [0.05, 0.1) is 11.9 Å². The maximum atomic E-state index is 5.78. The van der Waals surface area contributed by atoms with Crippen LogP contribution in [0, 0.1) is 11.8 Å². The Hall–Kier alpha value is -0.830. The van der Waals surface area contributed by atoms with Gasteiger partial charge in [-0.05, 0) is 18.6 Å². The van der Waals surface area contributed by atoms with Crippen molar-refractivity contribution in [1.82, 2.24) is 0 Å². The van der Waals surface area contributed by atoms with Crippen LogP contribution in [0.5, 0.6) is 0 Å². The highest BCUT2D eigenvalue weighted by Crippen LogP contribution is 2.28. The average molecular weight is 204 g/mol. The third-order valence-corrected chi connectivity index (χ3v) is 2.35. The maximum absolute atomic E-state index is 5.78. The summed E-state index contributed by atoms with van der Waals surface area (Å²) in [5.74, 6) is 6.42. The molecule has 72 valence electrons. The van der Waals surface area contributed by atoms with Gasteiger partial charge in [-0.1, -0.05) is 30.0 Å². The molecule has 0 aromatic heterocycles. The molecule has 1 aliphatic carbocycles. The molecule has 0 saturated carbocycles. The van der Waals surface area contributed by atoms with Crippen LogP contribution < -0.4 is 0 Å². The third-order valence-electron chi connectivity index (χ3n) is 2.20. The fraction of sp³-hybridized carbons (Fsp3) is 0.333. The lowest BCUT2D eigenvalue weighted by atomic mass is 9.97. The van der Waals surface area contributed by atoms with E-state index in [1.165, 1.54) is 5.56 Å². The van der Waals surface area contributed by atoms with Crippen LogP contribution in [-0.2, 0) is 4.74 Å². The molecule has 0 heterocycles. The SMILES string of the molecule is CC(P)OC1CC#Cc2ccccc21. The standard InChI is InChI=1S/C12H13OP/c1-9(14)13-12-8-4-6-10-5-2-3-7-11(10)12/h2-3,5,7,9,12H,8,14H2,1H3. The van der Waals surface area contributed by atoms with E-state index in [0.717, 1.165) is 12.0 Å². The van der Waals surface area contributed by atoms with Gasteiger partial charge in [-0.3, -0.25) is 0 Å². The van der Waals surface area contributed by atoms with Crippen molar-refractivity contribution in [3.8, 4) is 11.8 Å². The van der Waals surface area contributed by atoms with Gasteiger partial charge in [0.2, 0.25) is 0 Å². The number of hydrogen-bond acceptors (Lipinski definition) is 1. The molecule has 2 rings (SSSR count). The summed E-state index contributed by atoms with van der Waals surface area (Å²) < 4.78 is 5.78. The minimum atomic E-state index is 0.139. The van der Waals surface area contributed by atoms with Crippen LogP contribution in [0.2, 0.25) is 0 Å². The van der Waals surface area contributed by atoms with Gasteiger partial charge in [-0.15, -0.1) is 9.24 Å². The predicted octanol–water partition coefficient (Wildman–Crippen LogP) is 2.72. The van der Waals surface area contributed by atoms with Crippen LogP contribution >= 0.6 is 9.24 Å². The molecule has 0 N–H and O–H groups in total. The molecule has 14 heavy (non-hydrogen) atoms. The largest absolute Gasteiger partial charge is 0.366 e. The fourth-order valence-corrected chi connectivity index (χ4v) is 1.81. The van der Waals surface area contributed by atoms with Crippen LogP contribution in [0.25, 0.3) is 0 Å². The summed E-state index contributed by atoms with van der Waals surface area (Å²) in [6.45, 7) is 2.02. The highest BCUT2D eigenvalue weighted by molar-refractivity contribution is 7.17. The molecule has 2 heteroatoms. The third kappa shape index (κ3) is 1.98. The monoisotopic (exact) mass is 204 g/mol. The Labute approximate surface area is 87.1 Å². The first-order valence-electron chi connectivity index (χ1n) is 4.76. The van der Waals surface area contributed by atoms with Gasteiger partial charge < -0.3 is 4.74 Å². The van der Waals surface area contributed by atoms with Crippen LogP contribution in [0.1, 0.15) is 30.6 Å². The second-order valence-corrected chi connectivity index (χ2v) is 4.36. The Bertz CT molecular complexity index is 387. The maximum Gasteiger partial charge on any atom is 0.0954 e. The van der Waals surface area contributed by atoms with Gasteiger partial charge in [-0.2, -0.15) is 0 Å². The van der Waals surface area contributed by atoms with Crippen molar-refractivity contribution in [2.75, 3.05) is 0 Å². The summed E-state index contributed by atoms with van der Waals surface area (Å²) in [5.41, 5.74) is 2.33. The van der Waals surface area contributed by atoms with Crippen molar-refractivity contribution in [1.29, 1.82) is 0 Å². The Morgan fingerprint density at radius 1 is 1.50 bits per heavy atom. The molecule has 0 fully saturated rings. The van der Waals surface area contributed by atoms with Gasteiger partial charge in [0, 0.05) is 12.0 Å². The summed E-state index contributed by atoms with van der Waals surface area (Å²) >= 11 is 0. The van der Waals surface area contributed by atoms with Crippen molar-refractivity contribution in [2.24, 2.45) is 0 Å². The summed E-state index contributed by atoms with van der Waals surface area (Å²) in [6, 6.07) is 8.20. The molecule has 0 aliphatic heterocycles. The first kappa shape index (κ1) is 9.71. The van der Waals surface area contributed by atoms with Crippen LogP contribution in [0.4, 0.5) is 0 Å². The first-order chi connectivity index (χ1) is 6.77. The summed E-state index contributed by atoms with van der Waals surface area (Å²) in [6.07, 6.45) is 0.940. The van der Waals surface area contributed by atoms with E-state index in [0.29, 0.717) is 0 Å². The number of ether oxygens (including phenoxy) is 1. The molecule has 0 bridgehead atoms. The number of fused-ring (bicyclic) bond motifs is 1. The van der Waals surface area contributed by atoms with E-state index in [2.05, 4.69) is 27.1 Å². The number of hydrogen-bond donors (Lipinski definition) is 0. The molecule has 3 unspecified atom stereocenters. The number of rotatable bonds is 2. The lowest BCUT2D eigenvalue weighted by Gasteiger charge is -2.21. The summed E-state index contributed by atoms with van der Waals surface area (Å²) in [4.78, 5) is 0. The summed E-state index contributed by atoms with van der Waals surface area (Å²) in [7, 11) is 2.65. The zero-order valence-electron chi connectivity index (χ0n) is 8.16.